The molecule has 186 valence electrons. The number of carbonyl (C=O) groups is 1. The summed E-state index contributed by atoms with van der Waals surface area (Å²) in [7, 11) is 0. The second kappa shape index (κ2) is 10.5. The van der Waals surface area contributed by atoms with Gasteiger partial charge in [0.2, 0.25) is 0 Å². The van der Waals surface area contributed by atoms with E-state index >= 15 is 0 Å². The van der Waals surface area contributed by atoms with Gasteiger partial charge in [0.25, 0.3) is 5.56 Å². The van der Waals surface area contributed by atoms with Gasteiger partial charge in [-0.3, -0.25) is 9.78 Å². The number of fused-ring (bicyclic) bond motifs is 2. The molecule has 2 aliphatic rings. The number of nitrogens with one attached hydrogen (secondary N) is 2. The molecule has 2 aliphatic carbocycles. The third-order valence-electron chi connectivity index (χ3n) is 7.42. The maximum Gasteiger partial charge on any atom is 0.407 e. The Balaban J connectivity index is 1.38. The second-order valence-corrected chi connectivity index (χ2v) is 9.62. The number of halogens is 1. The molecule has 0 aliphatic heterocycles. The number of carbonyl (C=O) groups excluding carboxylic acids is 1. The topological polar surface area (TPSA) is 84.1 Å². The Morgan fingerprint density at radius 1 is 1.22 bits per heavy atom. The fourth-order valence-electron chi connectivity index (χ4n) is 5.82. The molecule has 0 radical (unpaired) electrons. The van der Waals surface area contributed by atoms with E-state index in [0.29, 0.717) is 18.4 Å². The van der Waals surface area contributed by atoms with Crippen LogP contribution in [0.3, 0.4) is 0 Å². The number of nitrogens with zero attached hydrogens (tertiary/aromatic N) is 1. The van der Waals surface area contributed by atoms with E-state index in [1.807, 2.05) is 30.3 Å². The maximum absolute atomic E-state index is 13.6. The van der Waals surface area contributed by atoms with Crippen LogP contribution in [0.5, 0.6) is 0 Å². The van der Waals surface area contributed by atoms with Gasteiger partial charge < -0.3 is 15.0 Å². The Kier molecular flexibility index (Phi) is 6.98. The Morgan fingerprint density at radius 3 is 2.89 bits per heavy atom. The van der Waals surface area contributed by atoms with E-state index in [4.69, 9.17) is 4.74 Å². The molecule has 2 heterocycles. The van der Waals surface area contributed by atoms with Crippen molar-refractivity contribution in [2.24, 2.45) is 11.8 Å². The number of amides is 1. The van der Waals surface area contributed by atoms with Crippen LogP contribution < -0.4 is 10.9 Å². The van der Waals surface area contributed by atoms with Gasteiger partial charge in [0, 0.05) is 35.5 Å². The summed E-state index contributed by atoms with van der Waals surface area (Å²) in [5.41, 5.74) is 4.27. The number of ether oxygens (including phenoxy) is 1. The molecule has 7 heteroatoms. The zero-order valence-corrected chi connectivity index (χ0v) is 20.2. The lowest BCUT2D eigenvalue weighted by Gasteiger charge is -2.43. The van der Waals surface area contributed by atoms with Crippen LogP contribution in [-0.2, 0) is 11.2 Å². The normalized spacial score (nSPS) is 23.1. The number of allylic oxidation sites excluding steroid dienone is 1. The molecule has 1 aromatic carbocycles. The number of aromatic amines is 1. The quantitative estimate of drug-likeness (QED) is 0.501. The predicted molar refractivity (Wildman–Crippen MR) is 137 cm³/mol. The van der Waals surface area contributed by atoms with Crippen molar-refractivity contribution in [1.82, 2.24) is 15.3 Å². The molecule has 0 spiro atoms. The Bertz CT molecular complexity index is 1320. The van der Waals surface area contributed by atoms with Gasteiger partial charge in [-0.2, -0.15) is 0 Å². The standard InChI is InChI=1S/C29H30FN3O3/c1-2-36-29(35)33-24-9-10-25-21(16-24)14-19-12-13-31-28(34)27(19)26(25)11-8-23-7-6-20(17-32-23)18-4-3-5-22(30)15-18/h3-8,11-13,15,17,21,24-26H,2,9-10,14,16H2,1H3,(H,31,34)(H,33,35)/b11-8+/t21-,24-,25-,26+/m1/s1. The van der Waals surface area contributed by atoms with Crippen molar-refractivity contribution in [2.45, 2.75) is 44.6 Å². The number of hydrogen-bond acceptors (Lipinski definition) is 4. The number of hydrogen-bond donors (Lipinski definition) is 2. The highest BCUT2D eigenvalue weighted by Gasteiger charge is 2.41. The molecule has 6 nitrogen and oxygen atoms in total. The first-order valence-electron chi connectivity index (χ1n) is 12.6. The lowest BCUT2D eigenvalue weighted by Crippen LogP contribution is -2.45. The minimum Gasteiger partial charge on any atom is -0.450 e. The van der Waals surface area contributed by atoms with Crippen LogP contribution in [0.25, 0.3) is 17.2 Å². The minimum atomic E-state index is -0.363. The van der Waals surface area contributed by atoms with Crippen molar-refractivity contribution in [3.05, 3.63) is 93.9 Å². The van der Waals surface area contributed by atoms with Crippen molar-refractivity contribution in [3.8, 4) is 11.1 Å². The molecule has 0 saturated heterocycles. The van der Waals surface area contributed by atoms with Crippen molar-refractivity contribution in [3.63, 3.8) is 0 Å². The third kappa shape index (κ3) is 5.10. The first-order chi connectivity index (χ1) is 17.5. The fourth-order valence-corrected chi connectivity index (χ4v) is 5.82. The van der Waals surface area contributed by atoms with Crippen LogP contribution in [0.15, 0.2) is 65.7 Å². The second-order valence-electron chi connectivity index (χ2n) is 9.62. The highest BCUT2D eigenvalue weighted by atomic mass is 19.1. The van der Waals surface area contributed by atoms with Crippen LogP contribution >= 0.6 is 0 Å². The van der Waals surface area contributed by atoms with E-state index < -0.39 is 0 Å². The Hall–Kier alpha value is -3.74. The van der Waals surface area contributed by atoms with E-state index in [9.17, 15) is 14.0 Å². The van der Waals surface area contributed by atoms with Gasteiger partial charge in [-0.15, -0.1) is 0 Å². The third-order valence-corrected chi connectivity index (χ3v) is 7.42. The number of benzene rings is 1. The number of alkyl carbamates (subject to hydrolysis) is 1. The Labute approximate surface area is 209 Å². The number of rotatable bonds is 5. The summed E-state index contributed by atoms with van der Waals surface area (Å²) in [6.07, 6.45) is 10.6. The smallest absolute Gasteiger partial charge is 0.407 e. The molecule has 1 amide bonds. The predicted octanol–water partition coefficient (Wildman–Crippen LogP) is 5.46. The van der Waals surface area contributed by atoms with Crippen molar-refractivity contribution in [1.29, 1.82) is 0 Å². The van der Waals surface area contributed by atoms with Crippen LogP contribution in [0.2, 0.25) is 0 Å². The molecule has 2 N–H and O–H groups in total. The van der Waals surface area contributed by atoms with Crippen molar-refractivity contribution < 1.29 is 13.9 Å². The SMILES string of the molecule is CCOC(=O)N[C@@H]1CC[C@@H]2[C@H](Cc3cc[nH]c(=O)c3[C@H]2/C=C/c2ccc(-c3cccc(F)c3)cn2)C1. The van der Waals surface area contributed by atoms with Crippen molar-refractivity contribution >= 4 is 12.2 Å². The highest BCUT2D eigenvalue weighted by molar-refractivity contribution is 5.67. The summed E-state index contributed by atoms with van der Waals surface area (Å²) < 4.78 is 18.7. The van der Waals surface area contributed by atoms with Crippen LogP contribution in [-0.4, -0.2) is 28.7 Å². The molecular weight excluding hydrogens is 457 g/mol. The average Bonchev–Trinajstić information content (AvgIpc) is 2.87. The summed E-state index contributed by atoms with van der Waals surface area (Å²) in [6, 6.07) is 12.4. The monoisotopic (exact) mass is 487 g/mol. The summed E-state index contributed by atoms with van der Waals surface area (Å²) in [6.45, 7) is 2.15. The fraction of sp³-hybridized carbons (Fsp3) is 0.345. The van der Waals surface area contributed by atoms with E-state index in [2.05, 4.69) is 21.4 Å². The molecule has 1 fully saturated rings. The van der Waals surface area contributed by atoms with Crippen LogP contribution in [0.1, 0.15) is 48.9 Å². The lowest BCUT2D eigenvalue weighted by molar-refractivity contribution is 0.129. The van der Waals surface area contributed by atoms with E-state index in [-0.39, 0.29) is 29.4 Å². The zero-order chi connectivity index (χ0) is 25.1. The van der Waals surface area contributed by atoms with Gasteiger partial charge in [-0.25, -0.2) is 9.18 Å². The first kappa shape index (κ1) is 24.0. The molecule has 0 bridgehead atoms. The minimum absolute atomic E-state index is 0.0306. The summed E-state index contributed by atoms with van der Waals surface area (Å²) in [5, 5.41) is 3.00. The highest BCUT2D eigenvalue weighted by Crippen LogP contribution is 2.46. The molecule has 36 heavy (non-hydrogen) atoms. The van der Waals surface area contributed by atoms with Gasteiger partial charge in [0.15, 0.2) is 0 Å². The number of aromatic nitrogens is 2. The summed E-state index contributed by atoms with van der Waals surface area (Å²) >= 11 is 0. The molecule has 1 saturated carbocycles. The lowest BCUT2D eigenvalue weighted by atomic mass is 9.62. The van der Waals surface area contributed by atoms with Crippen LogP contribution in [0.4, 0.5) is 9.18 Å². The number of H-pyrrole nitrogens is 1. The van der Waals surface area contributed by atoms with Gasteiger partial charge in [-0.05, 0) is 85.9 Å². The molecule has 2 aromatic heterocycles. The van der Waals surface area contributed by atoms with Gasteiger partial charge in [-0.1, -0.05) is 24.3 Å². The Morgan fingerprint density at radius 2 is 2.11 bits per heavy atom. The van der Waals surface area contributed by atoms with E-state index in [1.165, 1.54) is 12.1 Å². The summed E-state index contributed by atoms with van der Waals surface area (Å²) in [4.78, 5) is 32.2. The molecule has 5 rings (SSSR count). The van der Waals surface area contributed by atoms with Gasteiger partial charge >= 0.3 is 6.09 Å². The molecule has 4 atom stereocenters. The number of pyridine rings is 2. The van der Waals surface area contributed by atoms with Gasteiger partial charge in [0.1, 0.15) is 5.82 Å². The van der Waals surface area contributed by atoms with Crippen LogP contribution in [0, 0.1) is 17.7 Å². The van der Waals surface area contributed by atoms with Crippen molar-refractivity contribution in [2.75, 3.05) is 6.61 Å². The summed E-state index contributed by atoms with van der Waals surface area (Å²) in [5.74, 6) is 0.360. The maximum atomic E-state index is 13.6. The van der Waals surface area contributed by atoms with E-state index in [1.54, 1.807) is 25.4 Å². The van der Waals surface area contributed by atoms with E-state index in [0.717, 1.165) is 53.6 Å². The molecule has 0 unspecified atom stereocenters. The molecular formula is C29H30FN3O3. The van der Waals surface area contributed by atoms with Gasteiger partial charge in [0.05, 0.1) is 12.3 Å². The molecule has 3 aromatic rings. The average molecular weight is 488 g/mol. The zero-order valence-electron chi connectivity index (χ0n) is 20.2. The largest absolute Gasteiger partial charge is 0.450 e. The first-order valence-corrected chi connectivity index (χ1v) is 12.6.